The van der Waals surface area contributed by atoms with E-state index in [4.69, 9.17) is 0 Å². The number of nitrogens with one attached hydrogen (secondary N) is 1. The van der Waals surface area contributed by atoms with Crippen LogP contribution in [0.1, 0.15) is 46.1 Å². The molecule has 0 unspecified atom stereocenters. The summed E-state index contributed by atoms with van der Waals surface area (Å²) in [4.78, 5) is 11.8. The number of aryl methyl sites for hydroxylation is 1. The van der Waals surface area contributed by atoms with Crippen molar-refractivity contribution in [2.75, 3.05) is 6.54 Å². The van der Waals surface area contributed by atoms with Crippen molar-refractivity contribution >= 4 is 15.8 Å². The Labute approximate surface area is 134 Å². The molecule has 0 aromatic heterocycles. The molecule has 1 N–H and O–H groups in total. The SMILES string of the molecule is CC(C)CNS(=O)(=O)c1ccc(CCCC(=O)C(C)C)cc1. The van der Waals surface area contributed by atoms with Gasteiger partial charge < -0.3 is 0 Å². The van der Waals surface area contributed by atoms with Crippen LogP contribution in [0.5, 0.6) is 0 Å². The molecule has 124 valence electrons. The van der Waals surface area contributed by atoms with Gasteiger partial charge in [0.1, 0.15) is 5.78 Å². The van der Waals surface area contributed by atoms with Gasteiger partial charge >= 0.3 is 0 Å². The fourth-order valence-corrected chi connectivity index (χ4v) is 3.16. The topological polar surface area (TPSA) is 63.2 Å². The lowest BCUT2D eigenvalue weighted by Crippen LogP contribution is -2.27. The Morgan fingerprint density at radius 1 is 1.09 bits per heavy atom. The Balaban J connectivity index is 2.57. The minimum absolute atomic E-state index is 0.0829. The van der Waals surface area contributed by atoms with Gasteiger partial charge in [-0.2, -0.15) is 0 Å². The molecule has 0 amide bonds. The second-order valence-corrected chi connectivity index (χ2v) is 8.13. The maximum Gasteiger partial charge on any atom is 0.240 e. The average Bonchev–Trinajstić information content (AvgIpc) is 2.45. The molecule has 0 radical (unpaired) electrons. The fraction of sp³-hybridized carbons (Fsp3) is 0.588. The maximum atomic E-state index is 12.1. The van der Waals surface area contributed by atoms with Crippen molar-refractivity contribution in [1.29, 1.82) is 0 Å². The molecule has 0 aliphatic rings. The number of Topliss-reactive ketones (excluding diaryl/α,β-unsaturated/α-hetero) is 1. The van der Waals surface area contributed by atoms with Crippen molar-refractivity contribution in [2.45, 2.75) is 51.9 Å². The van der Waals surface area contributed by atoms with E-state index in [0.29, 0.717) is 13.0 Å². The summed E-state index contributed by atoms with van der Waals surface area (Å²) in [7, 11) is -3.42. The van der Waals surface area contributed by atoms with E-state index in [1.54, 1.807) is 12.1 Å². The van der Waals surface area contributed by atoms with Crippen LogP contribution in [0.25, 0.3) is 0 Å². The minimum atomic E-state index is -3.42. The molecule has 0 heterocycles. The lowest BCUT2D eigenvalue weighted by atomic mass is 10.0. The van der Waals surface area contributed by atoms with E-state index in [-0.39, 0.29) is 22.5 Å². The average molecular weight is 325 g/mol. The molecule has 0 fully saturated rings. The molecule has 0 saturated carbocycles. The Bertz CT molecular complexity index is 574. The highest BCUT2D eigenvalue weighted by Crippen LogP contribution is 2.13. The van der Waals surface area contributed by atoms with Gasteiger partial charge in [-0.3, -0.25) is 4.79 Å². The van der Waals surface area contributed by atoms with Crippen LogP contribution < -0.4 is 4.72 Å². The number of ketones is 1. The lowest BCUT2D eigenvalue weighted by Gasteiger charge is -2.09. The molecular weight excluding hydrogens is 298 g/mol. The van der Waals surface area contributed by atoms with Gasteiger partial charge in [-0.15, -0.1) is 0 Å². The van der Waals surface area contributed by atoms with Gasteiger partial charge in [0.15, 0.2) is 0 Å². The first kappa shape index (κ1) is 18.8. The zero-order valence-corrected chi connectivity index (χ0v) is 14.7. The van der Waals surface area contributed by atoms with Gasteiger partial charge in [0, 0.05) is 18.9 Å². The van der Waals surface area contributed by atoms with Crippen molar-refractivity contribution in [1.82, 2.24) is 4.72 Å². The first-order valence-electron chi connectivity index (χ1n) is 7.83. The quantitative estimate of drug-likeness (QED) is 0.758. The first-order chi connectivity index (χ1) is 10.2. The molecule has 0 bridgehead atoms. The highest BCUT2D eigenvalue weighted by Gasteiger charge is 2.14. The number of hydrogen-bond acceptors (Lipinski definition) is 3. The smallest absolute Gasteiger partial charge is 0.240 e. The molecule has 0 saturated heterocycles. The summed E-state index contributed by atoms with van der Waals surface area (Å²) in [5.41, 5.74) is 1.05. The maximum absolute atomic E-state index is 12.1. The number of rotatable bonds is 9. The van der Waals surface area contributed by atoms with Gasteiger partial charge in [0.2, 0.25) is 10.0 Å². The second-order valence-electron chi connectivity index (χ2n) is 6.36. The van der Waals surface area contributed by atoms with E-state index >= 15 is 0 Å². The third kappa shape index (κ3) is 6.28. The highest BCUT2D eigenvalue weighted by molar-refractivity contribution is 7.89. The molecule has 1 aromatic carbocycles. The summed E-state index contributed by atoms with van der Waals surface area (Å²) in [6, 6.07) is 6.90. The molecule has 0 spiro atoms. The van der Waals surface area contributed by atoms with Crippen molar-refractivity contribution in [3.8, 4) is 0 Å². The van der Waals surface area contributed by atoms with E-state index < -0.39 is 10.0 Å². The van der Waals surface area contributed by atoms with Gasteiger partial charge in [-0.1, -0.05) is 39.8 Å². The van der Waals surface area contributed by atoms with Crippen molar-refractivity contribution in [3.05, 3.63) is 29.8 Å². The van der Waals surface area contributed by atoms with Crippen LogP contribution in [-0.4, -0.2) is 20.7 Å². The first-order valence-corrected chi connectivity index (χ1v) is 9.32. The monoisotopic (exact) mass is 325 g/mol. The van der Waals surface area contributed by atoms with Gasteiger partial charge in [0.05, 0.1) is 4.90 Å². The van der Waals surface area contributed by atoms with E-state index in [0.717, 1.165) is 18.4 Å². The molecular formula is C17H27NO3S. The van der Waals surface area contributed by atoms with Crippen LogP contribution >= 0.6 is 0 Å². The van der Waals surface area contributed by atoms with Gasteiger partial charge in [-0.05, 0) is 36.5 Å². The molecule has 1 aromatic rings. The zero-order chi connectivity index (χ0) is 16.8. The normalized spacial score (nSPS) is 12.1. The summed E-state index contributed by atoms with van der Waals surface area (Å²) in [6.07, 6.45) is 2.17. The summed E-state index contributed by atoms with van der Waals surface area (Å²) < 4.78 is 26.7. The summed E-state index contributed by atoms with van der Waals surface area (Å²) in [5, 5.41) is 0. The largest absolute Gasteiger partial charge is 0.299 e. The van der Waals surface area contributed by atoms with Gasteiger partial charge in [0.25, 0.3) is 0 Å². The third-order valence-corrected chi connectivity index (χ3v) is 4.89. The Hall–Kier alpha value is -1.20. The molecule has 0 aliphatic heterocycles. The molecule has 0 aliphatic carbocycles. The molecule has 4 nitrogen and oxygen atoms in total. The Morgan fingerprint density at radius 2 is 1.68 bits per heavy atom. The summed E-state index contributed by atoms with van der Waals surface area (Å²) >= 11 is 0. The van der Waals surface area contributed by atoms with Crippen LogP contribution in [0, 0.1) is 11.8 Å². The van der Waals surface area contributed by atoms with Crippen molar-refractivity contribution in [3.63, 3.8) is 0 Å². The van der Waals surface area contributed by atoms with E-state index in [2.05, 4.69) is 4.72 Å². The number of hydrogen-bond donors (Lipinski definition) is 1. The van der Waals surface area contributed by atoms with Crippen molar-refractivity contribution < 1.29 is 13.2 Å². The zero-order valence-electron chi connectivity index (χ0n) is 13.9. The molecule has 0 atom stereocenters. The second kappa shape index (κ2) is 8.44. The third-order valence-electron chi connectivity index (χ3n) is 3.45. The molecule has 5 heteroatoms. The summed E-state index contributed by atoms with van der Waals surface area (Å²) in [6.45, 7) is 8.17. The minimum Gasteiger partial charge on any atom is -0.299 e. The molecule has 22 heavy (non-hydrogen) atoms. The fourth-order valence-electron chi connectivity index (χ4n) is 1.95. The number of sulfonamides is 1. The number of carbonyl (C=O) groups excluding carboxylic acids is 1. The van der Waals surface area contributed by atoms with E-state index in [1.807, 2.05) is 39.8 Å². The van der Waals surface area contributed by atoms with Crippen LogP contribution in [0.3, 0.4) is 0 Å². The van der Waals surface area contributed by atoms with E-state index in [1.165, 1.54) is 0 Å². The number of benzene rings is 1. The van der Waals surface area contributed by atoms with Crippen LogP contribution in [0.4, 0.5) is 0 Å². The lowest BCUT2D eigenvalue weighted by molar-refractivity contribution is -0.121. The van der Waals surface area contributed by atoms with E-state index in [9.17, 15) is 13.2 Å². The number of carbonyl (C=O) groups is 1. The molecule has 1 rings (SSSR count). The van der Waals surface area contributed by atoms with Crippen LogP contribution in [0.15, 0.2) is 29.2 Å². The van der Waals surface area contributed by atoms with Gasteiger partial charge in [-0.25, -0.2) is 13.1 Å². The Kier molecular flexibility index (Phi) is 7.23. The van der Waals surface area contributed by atoms with Crippen LogP contribution in [-0.2, 0) is 21.2 Å². The predicted octanol–water partition coefficient (Wildman–Crippen LogP) is 3.17. The Morgan fingerprint density at radius 3 is 2.18 bits per heavy atom. The predicted molar refractivity (Wildman–Crippen MR) is 89.3 cm³/mol. The van der Waals surface area contributed by atoms with Crippen LogP contribution in [0.2, 0.25) is 0 Å². The highest BCUT2D eigenvalue weighted by atomic mass is 32.2. The summed E-state index contributed by atoms with van der Waals surface area (Å²) in [5.74, 6) is 0.629. The van der Waals surface area contributed by atoms with Crippen molar-refractivity contribution in [2.24, 2.45) is 11.8 Å². The standard InChI is InChI=1S/C17H27NO3S/c1-13(2)12-18-22(20,21)16-10-8-15(9-11-16)6-5-7-17(19)14(3)4/h8-11,13-14,18H,5-7,12H2,1-4H3.